The largest absolute Gasteiger partial charge is 0.456 e. The van der Waals surface area contributed by atoms with Crippen molar-refractivity contribution in [3.63, 3.8) is 0 Å². The highest BCUT2D eigenvalue weighted by molar-refractivity contribution is 9.12. The van der Waals surface area contributed by atoms with Gasteiger partial charge < -0.3 is 9.47 Å². The molecule has 0 spiro atoms. The van der Waals surface area contributed by atoms with Crippen molar-refractivity contribution in [1.82, 2.24) is 4.90 Å². The zero-order valence-corrected chi connectivity index (χ0v) is 23.8. The van der Waals surface area contributed by atoms with Gasteiger partial charge in [0.15, 0.2) is 12.4 Å². The van der Waals surface area contributed by atoms with E-state index in [2.05, 4.69) is 31.9 Å². The number of fused-ring (bicyclic) bond motifs is 5. The molecule has 1 saturated heterocycles. The predicted molar refractivity (Wildman–Crippen MR) is 143 cm³/mol. The normalized spacial score (nSPS) is 28.3. The van der Waals surface area contributed by atoms with Crippen LogP contribution in [-0.2, 0) is 19.1 Å². The fourth-order valence-corrected chi connectivity index (χ4v) is 7.64. The van der Waals surface area contributed by atoms with Gasteiger partial charge in [-0.2, -0.15) is 0 Å². The Morgan fingerprint density at radius 3 is 1.97 bits per heavy atom. The van der Waals surface area contributed by atoms with Gasteiger partial charge in [-0.3, -0.25) is 19.3 Å². The van der Waals surface area contributed by atoms with Gasteiger partial charge in [-0.25, -0.2) is 9.59 Å². The summed E-state index contributed by atoms with van der Waals surface area (Å²) in [6.45, 7) is 2.81. The standard InChI is InChI=1S/C28H25Br2NO7/c1-13-3-5-16(6-4-13)28(36)38-17-9-7-15(8-10-17)20(32)12-37-27(35)14(2)31-25(33)21-18-11-19(22(21)26(31)34)24(30)23(18)29/h3-10,14,18-19,21-24H,11-12H2,1-2H3. The third-order valence-corrected chi connectivity index (χ3v) is 11.0. The summed E-state index contributed by atoms with van der Waals surface area (Å²) in [6.07, 6.45) is 0.795. The van der Waals surface area contributed by atoms with E-state index in [4.69, 9.17) is 9.47 Å². The number of nitrogens with zero attached hydrogens (tertiary/aromatic N) is 1. The van der Waals surface area contributed by atoms with E-state index in [1.807, 2.05) is 19.1 Å². The number of ketones is 1. The molecule has 2 aliphatic carbocycles. The monoisotopic (exact) mass is 645 g/mol. The quantitative estimate of drug-likeness (QED) is 0.147. The number of esters is 2. The van der Waals surface area contributed by atoms with E-state index in [0.717, 1.165) is 16.9 Å². The Hall–Kier alpha value is -2.85. The van der Waals surface area contributed by atoms with Crippen LogP contribution in [0, 0.1) is 30.6 Å². The summed E-state index contributed by atoms with van der Waals surface area (Å²) < 4.78 is 10.5. The van der Waals surface area contributed by atoms with Crippen molar-refractivity contribution in [3.8, 4) is 5.75 Å². The molecule has 1 aliphatic heterocycles. The number of Topliss-reactive ketones (excluding diaryl/α,β-unsaturated/α-hetero) is 1. The molecule has 2 bridgehead atoms. The molecule has 2 saturated carbocycles. The minimum absolute atomic E-state index is 0.0414. The zero-order valence-electron chi connectivity index (χ0n) is 20.6. The summed E-state index contributed by atoms with van der Waals surface area (Å²) >= 11 is 7.28. The SMILES string of the molecule is Cc1ccc(C(=O)Oc2ccc(C(=O)COC(=O)C(C)N3C(=O)C4C5CC(C(Br)C5Br)C4C3=O)cc2)cc1. The Morgan fingerprint density at radius 1 is 0.895 bits per heavy atom. The molecule has 0 N–H and O–H groups in total. The maximum absolute atomic E-state index is 13.1. The number of halogens is 2. The number of carbonyl (C=O) groups excluding carboxylic acids is 5. The van der Waals surface area contributed by atoms with Crippen LogP contribution in [0.4, 0.5) is 0 Å². The molecule has 2 aromatic carbocycles. The van der Waals surface area contributed by atoms with Crippen LogP contribution in [0.25, 0.3) is 0 Å². The Kier molecular flexibility index (Phi) is 7.30. The third kappa shape index (κ3) is 4.62. The second kappa shape index (κ2) is 10.4. The molecule has 3 fully saturated rings. The lowest BCUT2D eigenvalue weighted by Crippen LogP contribution is -2.45. The van der Waals surface area contributed by atoms with Gasteiger partial charge in [-0.1, -0.05) is 49.6 Å². The summed E-state index contributed by atoms with van der Waals surface area (Å²) in [7, 11) is 0. The molecule has 0 radical (unpaired) electrons. The number of carbonyl (C=O) groups is 5. The maximum Gasteiger partial charge on any atom is 0.343 e. The van der Waals surface area contributed by atoms with E-state index in [1.54, 1.807) is 12.1 Å². The van der Waals surface area contributed by atoms with Gasteiger partial charge in [0.25, 0.3) is 0 Å². The van der Waals surface area contributed by atoms with E-state index < -0.39 is 42.2 Å². The number of ether oxygens (including phenoxy) is 2. The van der Waals surface area contributed by atoms with E-state index in [0.29, 0.717) is 5.56 Å². The van der Waals surface area contributed by atoms with Crippen LogP contribution in [-0.4, -0.2) is 56.7 Å². The molecule has 10 heteroatoms. The minimum Gasteiger partial charge on any atom is -0.456 e. The van der Waals surface area contributed by atoms with E-state index >= 15 is 0 Å². The first kappa shape index (κ1) is 26.7. The number of alkyl halides is 2. The van der Waals surface area contributed by atoms with Crippen LogP contribution in [0.2, 0.25) is 0 Å². The number of hydrogen-bond acceptors (Lipinski definition) is 7. The summed E-state index contributed by atoms with van der Waals surface area (Å²) in [5.74, 6) is -3.01. The minimum atomic E-state index is -1.13. The van der Waals surface area contributed by atoms with E-state index in [-0.39, 0.29) is 44.6 Å². The predicted octanol–water partition coefficient (Wildman–Crippen LogP) is 4.11. The number of amides is 2. The smallest absolute Gasteiger partial charge is 0.343 e. The first-order valence-corrected chi connectivity index (χ1v) is 14.2. The molecule has 5 rings (SSSR count). The Bertz CT molecular complexity index is 1280. The molecule has 1 heterocycles. The average Bonchev–Trinajstić information content (AvgIpc) is 3.52. The Morgan fingerprint density at radius 2 is 1.42 bits per heavy atom. The van der Waals surface area contributed by atoms with Crippen LogP contribution in [0.15, 0.2) is 48.5 Å². The lowest BCUT2D eigenvalue weighted by molar-refractivity contribution is -0.157. The van der Waals surface area contributed by atoms with Crippen LogP contribution >= 0.6 is 31.9 Å². The fourth-order valence-electron chi connectivity index (χ4n) is 5.76. The van der Waals surface area contributed by atoms with E-state index in [9.17, 15) is 24.0 Å². The van der Waals surface area contributed by atoms with Gasteiger partial charge in [-0.15, -0.1) is 0 Å². The average molecular weight is 647 g/mol. The van der Waals surface area contributed by atoms with Crippen molar-refractivity contribution in [2.24, 2.45) is 23.7 Å². The molecule has 7 unspecified atom stereocenters. The van der Waals surface area contributed by atoms with Crippen LogP contribution < -0.4 is 4.74 Å². The topological polar surface area (TPSA) is 107 Å². The zero-order chi connectivity index (χ0) is 27.3. The van der Waals surface area contributed by atoms with Crippen LogP contribution in [0.1, 0.15) is 39.6 Å². The highest BCUT2D eigenvalue weighted by Crippen LogP contribution is 2.60. The number of rotatable bonds is 7. The van der Waals surface area contributed by atoms with E-state index in [1.165, 1.54) is 31.2 Å². The summed E-state index contributed by atoms with van der Waals surface area (Å²) in [5, 5.41) is 0. The maximum atomic E-state index is 13.1. The number of aryl methyl sites for hydroxylation is 1. The highest BCUT2D eigenvalue weighted by atomic mass is 79.9. The van der Waals surface area contributed by atoms with Gasteiger partial charge in [0.2, 0.25) is 11.8 Å². The molecular formula is C28H25Br2NO7. The number of benzene rings is 2. The van der Waals surface area contributed by atoms with Crippen molar-refractivity contribution in [1.29, 1.82) is 0 Å². The summed E-state index contributed by atoms with van der Waals surface area (Å²) in [6, 6.07) is 11.7. The molecule has 198 valence electrons. The molecule has 2 aromatic rings. The lowest BCUT2D eigenvalue weighted by Gasteiger charge is -2.28. The van der Waals surface area contributed by atoms with Gasteiger partial charge in [-0.05, 0) is 68.5 Å². The Balaban J connectivity index is 1.16. The van der Waals surface area contributed by atoms with Crippen molar-refractivity contribution in [2.75, 3.05) is 6.61 Å². The second-order valence-electron chi connectivity index (χ2n) is 10.0. The van der Waals surface area contributed by atoms with Crippen molar-refractivity contribution >= 4 is 61.4 Å². The van der Waals surface area contributed by atoms with Gasteiger partial charge in [0.05, 0.1) is 17.4 Å². The molecule has 2 amide bonds. The van der Waals surface area contributed by atoms with Gasteiger partial charge in [0, 0.05) is 15.2 Å². The molecule has 3 aliphatic rings. The molecule has 0 aromatic heterocycles. The third-order valence-electron chi connectivity index (χ3n) is 7.77. The lowest BCUT2D eigenvalue weighted by atomic mass is 9.81. The van der Waals surface area contributed by atoms with Gasteiger partial charge in [0.1, 0.15) is 11.8 Å². The number of hydrogen-bond donors (Lipinski definition) is 0. The summed E-state index contributed by atoms with van der Waals surface area (Å²) in [4.78, 5) is 65.0. The number of imide groups is 1. The van der Waals surface area contributed by atoms with Gasteiger partial charge >= 0.3 is 11.9 Å². The van der Waals surface area contributed by atoms with Crippen LogP contribution in [0.3, 0.4) is 0 Å². The second-order valence-corrected chi connectivity index (χ2v) is 12.2. The Labute approximate surface area is 236 Å². The van der Waals surface area contributed by atoms with Crippen molar-refractivity contribution < 1.29 is 33.4 Å². The first-order valence-electron chi connectivity index (χ1n) is 12.3. The molecule has 7 atom stereocenters. The fraction of sp³-hybridized carbons (Fsp3) is 0.393. The first-order chi connectivity index (χ1) is 18.1. The summed E-state index contributed by atoms with van der Waals surface area (Å²) in [5.41, 5.74) is 1.68. The number of likely N-dealkylation sites (tertiary alicyclic amines) is 1. The van der Waals surface area contributed by atoms with Crippen LogP contribution in [0.5, 0.6) is 5.75 Å². The molecule has 38 heavy (non-hydrogen) atoms. The highest BCUT2D eigenvalue weighted by Gasteiger charge is 2.67. The van der Waals surface area contributed by atoms with Crippen molar-refractivity contribution in [3.05, 3.63) is 65.2 Å². The van der Waals surface area contributed by atoms with Crippen molar-refractivity contribution in [2.45, 2.75) is 36.0 Å². The molecule has 8 nitrogen and oxygen atoms in total. The molecular weight excluding hydrogens is 622 g/mol.